The molecule has 0 bridgehead atoms. The Morgan fingerprint density at radius 3 is 2.52 bits per heavy atom. The van der Waals surface area contributed by atoms with Gasteiger partial charge in [0.15, 0.2) is 18.1 Å². The van der Waals surface area contributed by atoms with Gasteiger partial charge in [-0.15, -0.1) is 0 Å². The third-order valence-electron chi connectivity index (χ3n) is 4.42. The molecule has 1 amide bonds. The molecule has 174 valence electrons. The second-order valence-corrected chi connectivity index (χ2v) is 8.38. The van der Waals surface area contributed by atoms with Crippen molar-refractivity contribution in [2.24, 2.45) is 0 Å². The second-order valence-electron chi connectivity index (χ2n) is 6.62. The molecule has 0 aliphatic heterocycles. The topological polar surface area (TPSA) is 133 Å². The van der Waals surface area contributed by atoms with Gasteiger partial charge in [-0.2, -0.15) is 0 Å². The fourth-order valence-corrected chi connectivity index (χ4v) is 3.77. The molecule has 0 spiro atoms. The minimum atomic E-state index is -3.83. The van der Waals surface area contributed by atoms with Gasteiger partial charge in [0, 0.05) is 11.3 Å². The van der Waals surface area contributed by atoms with E-state index in [0.717, 1.165) is 0 Å². The number of hydrogen-bond donors (Lipinski definition) is 2. The highest BCUT2D eigenvalue weighted by atomic mass is 32.2. The molecule has 10 nitrogen and oxygen atoms in total. The average molecular weight is 474 g/mol. The first-order chi connectivity index (χ1) is 15.8. The Kier molecular flexibility index (Phi) is 7.70. The maximum atomic E-state index is 12.7. The molecule has 0 unspecified atom stereocenters. The molecule has 0 radical (unpaired) electrons. The lowest BCUT2D eigenvalue weighted by molar-refractivity contribution is -0.142. The highest BCUT2D eigenvalue weighted by Crippen LogP contribution is 2.28. The van der Waals surface area contributed by atoms with E-state index in [0.29, 0.717) is 5.76 Å². The number of furan rings is 1. The van der Waals surface area contributed by atoms with Crippen molar-refractivity contribution in [2.75, 3.05) is 26.1 Å². The zero-order valence-corrected chi connectivity index (χ0v) is 18.7. The van der Waals surface area contributed by atoms with Crippen LogP contribution in [0.2, 0.25) is 0 Å². The van der Waals surface area contributed by atoms with Crippen LogP contribution in [-0.4, -0.2) is 41.1 Å². The molecule has 0 aliphatic carbocycles. The zero-order chi connectivity index (χ0) is 23.8. The predicted octanol–water partition coefficient (Wildman–Crippen LogP) is 2.57. The summed E-state index contributed by atoms with van der Waals surface area (Å²) in [6, 6.07) is 13.5. The Morgan fingerprint density at radius 2 is 1.82 bits per heavy atom. The SMILES string of the molecule is COC(=O)COc1ccc(C(=O)Nc2cccc(S(=O)(=O)NCc3ccco3)c2)cc1OC. The standard InChI is InChI=1S/C22H22N2O8S/c1-29-20-11-15(8-9-19(20)32-14-21(25)30-2)22(26)24-16-5-3-7-18(12-16)33(27,28)23-13-17-6-4-10-31-17/h3-12,23H,13-14H2,1-2H3,(H,24,26). The van der Waals surface area contributed by atoms with Gasteiger partial charge in [-0.25, -0.2) is 17.9 Å². The van der Waals surface area contributed by atoms with Crippen molar-refractivity contribution in [2.45, 2.75) is 11.4 Å². The lowest BCUT2D eigenvalue weighted by Crippen LogP contribution is -2.23. The second kappa shape index (κ2) is 10.7. The Labute approximate surface area is 190 Å². The molecule has 11 heteroatoms. The number of amides is 1. The monoisotopic (exact) mass is 474 g/mol. The van der Waals surface area contributed by atoms with Crippen LogP contribution in [0.25, 0.3) is 0 Å². The van der Waals surface area contributed by atoms with Gasteiger partial charge in [-0.1, -0.05) is 6.07 Å². The summed E-state index contributed by atoms with van der Waals surface area (Å²) < 4.78 is 47.7. The average Bonchev–Trinajstić information content (AvgIpc) is 3.35. The van der Waals surface area contributed by atoms with E-state index in [1.807, 2.05) is 0 Å². The molecule has 0 atom stereocenters. The summed E-state index contributed by atoms with van der Waals surface area (Å²) in [5.74, 6) is -0.0885. The molecule has 0 aliphatic rings. The number of anilines is 1. The van der Waals surface area contributed by atoms with Crippen LogP contribution in [0.15, 0.2) is 70.2 Å². The molecule has 2 N–H and O–H groups in total. The number of hydrogen-bond acceptors (Lipinski definition) is 8. The van der Waals surface area contributed by atoms with E-state index >= 15 is 0 Å². The molecule has 0 saturated carbocycles. The van der Waals surface area contributed by atoms with Gasteiger partial charge in [-0.3, -0.25) is 4.79 Å². The molecular weight excluding hydrogens is 452 g/mol. The van der Waals surface area contributed by atoms with Gasteiger partial charge in [-0.05, 0) is 48.5 Å². The number of methoxy groups -OCH3 is 2. The molecule has 0 saturated heterocycles. The number of carbonyl (C=O) groups is 2. The first-order valence-corrected chi connectivity index (χ1v) is 11.1. The summed E-state index contributed by atoms with van der Waals surface area (Å²) in [5, 5.41) is 2.65. The lowest BCUT2D eigenvalue weighted by Gasteiger charge is -2.12. The Morgan fingerprint density at radius 1 is 1.00 bits per heavy atom. The third-order valence-corrected chi connectivity index (χ3v) is 5.82. The number of sulfonamides is 1. The van der Waals surface area contributed by atoms with E-state index in [1.165, 1.54) is 56.9 Å². The van der Waals surface area contributed by atoms with Crippen molar-refractivity contribution in [3.63, 3.8) is 0 Å². The van der Waals surface area contributed by atoms with E-state index in [2.05, 4.69) is 14.8 Å². The van der Waals surface area contributed by atoms with Crippen LogP contribution in [0.3, 0.4) is 0 Å². The summed E-state index contributed by atoms with van der Waals surface area (Å²) in [4.78, 5) is 23.9. The number of ether oxygens (including phenoxy) is 3. The van der Waals surface area contributed by atoms with Crippen LogP contribution in [-0.2, 0) is 26.1 Å². The van der Waals surface area contributed by atoms with Crippen LogP contribution < -0.4 is 19.5 Å². The summed E-state index contributed by atoms with van der Waals surface area (Å²) in [7, 11) is -1.19. The van der Waals surface area contributed by atoms with Crippen LogP contribution in [0.5, 0.6) is 11.5 Å². The zero-order valence-electron chi connectivity index (χ0n) is 17.9. The molecular formula is C22H22N2O8S. The molecule has 2 aromatic carbocycles. The van der Waals surface area contributed by atoms with E-state index in [1.54, 1.807) is 18.2 Å². The van der Waals surface area contributed by atoms with Gasteiger partial charge in [0.1, 0.15) is 5.76 Å². The van der Waals surface area contributed by atoms with Crippen molar-refractivity contribution in [1.82, 2.24) is 4.72 Å². The highest BCUT2D eigenvalue weighted by molar-refractivity contribution is 7.89. The number of nitrogens with one attached hydrogen (secondary N) is 2. The van der Waals surface area contributed by atoms with Gasteiger partial charge in [0.05, 0.1) is 31.9 Å². The number of esters is 1. The van der Waals surface area contributed by atoms with Crippen molar-refractivity contribution in [1.29, 1.82) is 0 Å². The molecule has 3 aromatic rings. The Bertz CT molecular complexity index is 1220. The van der Waals surface area contributed by atoms with Crippen molar-refractivity contribution in [3.8, 4) is 11.5 Å². The minimum absolute atomic E-state index is 0.00386. The largest absolute Gasteiger partial charge is 0.493 e. The van der Waals surface area contributed by atoms with Crippen LogP contribution in [0, 0.1) is 0 Å². The van der Waals surface area contributed by atoms with E-state index in [4.69, 9.17) is 13.9 Å². The molecule has 3 rings (SSSR count). The Hall–Kier alpha value is -3.83. The summed E-state index contributed by atoms with van der Waals surface area (Å²) in [6.45, 7) is -0.316. The van der Waals surface area contributed by atoms with Gasteiger partial charge < -0.3 is 23.9 Å². The fraction of sp³-hybridized carbons (Fsp3) is 0.182. The van der Waals surface area contributed by atoms with E-state index < -0.39 is 21.9 Å². The molecule has 33 heavy (non-hydrogen) atoms. The Balaban J connectivity index is 1.70. The molecule has 1 aromatic heterocycles. The smallest absolute Gasteiger partial charge is 0.343 e. The van der Waals surface area contributed by atoms with E-state index in [-0.39, 0.29) is 40.8 Å². The summed E-state index contributed by atoms with van der Waals surface area (Å²) in [5.41, 5.74) is 0.521. The van der Waals surface area contributed by atoms with Crippen LogP contribution in [0.4, 0.5) is 5.69 Å². The van der Waals surface area contributed by atoms with Crippen LogP contribution >= 0.6 is 0 Å². The normalized spacial score (nSPS) is 11.0. The van der Waals surface area contributed by atoms with Crippen molar-refractivity contribution < 1.29 is 36.6 Å². The van der Waals surface area contributed by atoms with Gasteiger partial charge >= 0.3 is 5.97 Å². The quantitative estimate of drug-likeness (QED) is 0.429. The number of carbonyl (C=O) groups excluding carboxylic acids is 2. The summed E-state index contributed by atoms with van der Waals surface area (Å²) in [6.07, 6.45) is 1.45. The first-order valence-electron chi connectivity index (χ1n) is 9.63. The highest BCUT2D eigenvalue weighted by Gasteiger charge is 2.17. The fourth-order valence-electron chi connectivity index (χ4n) is 2.73. The molecule has 1 heterocycles. The lowest BCUT2D eigenvalue weighted by atomic mass is 10.2. The van der Waals surface area contributed by atoms with Crippen LogP contribution in [0.1, 0.15) is 16.1 Å². The minimum Gasteiger partial charge on any atom is -0.493 e. The third kappa shape index (κ3) is 6.34. The first kappa shape index (κ1) is 23.8. The number of benzene rings is 2. The van der Waals surface area contributed by atoms with Gasteiger partial charge in [0.2, 0.25) is 10.0 Å². The van der Waals surface area contributed by atoms with E-state index in [9.17, 15) is 18.0 Å². The maximum absolute atomic E-state index is 12.7. The summed E-state index contributed by atoms with van der Waals surface area (Å²) >= 11 is 0. The molecule has 0 fully saturated rings. The predicted molar refractivity (Wildman–Crippen MR) is 118 cm³/mol. The van der Waals surface area contributed by atoms with Crippen molar-refractivity contribution in [3.05, 3.63) is 72.2 Å². The maximum Gasteiger partial charge on any atom is 0.343 e. The van der Waals surface area contributed by atoms with Crippen molar-refractivity contribution >= 4 is 27.6 Å². The number of rotatable bonds is 10. The van der Waals surface area contributed by atoms with Gasteiger partial charge in [0.25, 0.3) is 5.91 Å².